The zero-order chi connectivity index (χ0) is 16.2. The summed E-state index contributed by atoms with van der Waals surface area (Å²) < 4.78 is 18.8. The molecule has 1 amide bonds. The van der Waals surface area contributed by atoms with E-state index in [4.69, 9.17) is 4.74 Å². The zero-order valence-electron chi connectivity index (χ0n) is 13.0. The Kier molecular flexibility index (Phi) is 4.46. The topological polar surface area (TPSA) is 41.6 Å². The lowest BCUT2D eigenvalue weighted by Gasteiger charge is -2.18. The number of benzene rings is 2. The fraction of sp³-hybridized carbons (Fsp3) is 0.278. The van der Waals surface area contributed by atoms with Gasteiger partial charge in [-0.2, -0.15) is 0 Å². The first kappa shape index (κ1) is 15.3. The van der Waals surface area contributed by atoms with Gasteiger partial charge in [-0.25, -0.2) is 4.39 Å². The molecule has 0 unspecified atom stereocenters. The van der Waals surface area contributed by atoms with Crippen LogP contribution < -0.4 is 10.1 Å². The molecule has 3 rings (SSSR count). The number of likely N-dealkylation sites (N-methyl/N-ethyl adjacent to an activating group) is 1. The van der Waals surface area contributed by atoms with Crippen molar-refractivity contribution in [3.8, 4) is 5.75 Å². The van der Waals surface area contributed by atoms with Crippen LogP contribution >= 0.6 is 0 Å². The molecule has 1 N–H and O–H groups in total. The van der Waals surface area contributed by atoms with E-state index in [1.54, 1.807) is 30.1 Å². The summed E-state index contributed by atoms with van der Waals surface area (Å²) in [6.07, 6.45) is 0.941. The SMILES string of the molecule is CN(CCOc1ccccc1F)C(=O)c1ccc2c(c1)CCN2. The van der Waals surface area contributed by atoms with Gasteiger partial charge in [0.1, 0.15) is 6.61 Å². The minimum absolute atomic E-state index is 0.0585. The van der Waals surface area contributed by atoms with Crippen molar-refractivity contribution in [1.29, 1.82) is 0 Å². The van der Waals surface area contributed by atoms with Gasteiger partial charge in [-0.05, 0) is 42.3 Å². The van der Waals surface area contributed by atoms with E-state index >= 15 is 0 Å². The van der Waals surface area contributed by atoms with Gasteiger partial charge in [0.05, 0.1) is 6.54 Å². The van der Waals surface area contributed by atoms with E-state index in [1.165, 1.54) is 11.6 Å². The third kappa shape index (κ3) is 3.44. The lowest BCUT2D eigenvalue weighted by molar-refractivity contribution is 0.0773. The Hall–Kier alpha value is -2.56. The number of halogens is 1. The highest BCUT2D eigenvalue weighted by Gasteiger charge is 2.16. The molecule has 0 atom stereocenters. The maximum Gasteiger partial charge on any atom is 0.253 e. The van der Waals surface area contributed by atoms with E-state index in [0.717, 1.165) is 18.7 Å². The Morgan fingerprint density at radius 2 is 2.13 bits per heavy atom. The van der Waals surface area contributed by atoms with E-state index in [2.05, 4.69) is 5.32 Å². The van der Waals surface area contributed by atoms with Gasteiger partial charge in [0, 0.05) is 24.8 Å². The van der Waals surface area contributed by atoms with Crippen LogP contribution in [0.2, 0.25) is 0 Å². The maximum atomic E-state index is 13.5. The second-order valence-electron chi connectivity index (χ2n) is 5.55. The number of hydrogen-bond donors (Lipinski definition) is 1. The quantitative estimate of drug-likeness (QED) is 0.922. The smallest absolute Gasteiger partial charge is 0.253 e. The molecular formula is C18H19FN2O2. The first-order valence-electron chi connectivity index (χ1n) is 7.65. The molecule has 0 bridgehead atoms. The molecule has 0 saturated carbocycles. The van der Waals surface area contributed by atoms with Crippen LogP contribution in [0.1, 0.15) is 15.9 Å². The van der Waals surface area contributed by atoms with E-state index in [1.807, 2.05) is 18.2 Å². The summed E-state index contributed by atoms with van der Waals surface area (Å²) in [5.74, 6) is -0.249. The van der Waals surface area contributed by atoms with Gasteiger partial charge < -0.3 is 15.0 Å². The lowest BCUT2D eigenvalue weighted by atomic mass is 10.1. The number of anilines is 1. The number of amides is 1. The van der Waals surface area contributed by atoms with Crippen LogP contribution in [0.5, 0.6) is 5.75 Å². The molecule has 0 aromatic heterocycles. The highest BCUT2D eigenvalue weighted by Crippen LogP contribution is 2.23. The minimum Gasteiger partial charge on any atom is -0.489 e. The predicted octanol–water partition coefficient (Wildman–Crippen LogP) is 2.94. The summed E-state index contributed by atoms with van der Waals surface area (Å²) in [6.45, 7) is 1.55. The van der Waals surface area contributed by atoms with Gasteiger partial charge >= 0.3 is 0 Å². The van der Waals surface area contributed by atoms with Crippen molar-refractivity contribution in [1.82, 2.24) is 4.90 Å². The van der Waals surface area contributed by atoms with Gasteiger partial charge in [0.15, 0.2) is 11.6 Å². The highest BCUT2D eigenvalue weighted by atomic mass is 19.1. The van der Waals surface area contributed by atoms with Crippen LogP contribution in [0.4, 0.5) is 10.1 Å². The maximum absolute atomic E-state index is 13.5. The normalized spacial score (nSPS) is 12.4. The Labute approximate surface area is 134 Å². The molecule has 120 valence electrons. The monoisotopic (exact) mass is 314 g/mol. The second kappa shape index (κ2) is 6.69. The molecule has 0 aliphatic carbocycles. The molecular weight excluding hydrogens is 295 g/mol. The molecule has 0 fully saturated rings. The van der Waals surface area contributed by atoms with Crippen molar-refractivity contribution in [3.63, 3.8) is 0 Å². The minimum atomic E-state index is -0.396. The number of para-hydroxylation sites is 1. The van der Waals surface area contributed by atoms with Gasteiger partial charge in [-0.15, -0.1) is 0 Å². The number of hydrogen-bond acceptors (Lipinski definition) is 3. The fourth-order valence-corrected chi connectivity index (χ4v) is 2.61. The number of fused-ring (bicyclic) bond motifs is 1. The second-order valence-corrected chi connectivity index (χ2v) is 5.55. The molecule has 1 heterocycles. The van der Waals surface area contributed by atoms with Crippen molar-refractivity contribution >= 4 is 11.6 Å². The third-order valence-electron chi connectivity index (χ3n) is 3.93. The van der Waals surface area contributed by atoms with Crippen LogP contribution in [0, 0.1) is 5.82 Å². The van der Waals surface area contributed by atoms with Gasteiger partial charge in [0.2, 0.25) is 0 Å². The molecule has 0 spiro atoms. The molecule has 4 nitrogen and oxygen atoms in total. The number of rotatable bonds is 5. The van der Waals surface area contributed by atoms with Crippen LogP contribution in [-0.2, 0) is 6.42 Å². The molecule has 0 saturated heterocycles. The Balaban J connectivity index is 1.56. The average Bonchev–Trinajstić information content (AvgIpc) is 3.03. The van der Waals surface area contributed by atoms with Crippen LogP contribution in [0.25, 0.3) is 0 Å². The van der Waals surface area contributed by atoms with Gasteiger partial charge in [-0.1, -0.05) is 12.1 Å². The Bertz CT molecular complexity index is 718. The summed E-state index contributed by atoms with van der Waals surface area (Å²) in [5.41, 5.74) is 2.94. The first-order chi connectivity index (χ1) is 11.1. The number of carbonyl (C=O) groups excluding carboxylic acids is 1. The summed E-state index contributed by atoms with van der Waals surface area (Å²) in [5, 5.41) is 3.27. The molecule has 0 radical (unpaired) electrons. The number of ether oxygens (including phenoxy) is 1. The van der Waals surface area contributed by atoms with E-state index in [0.29, 0.717) is 12.1 Å². The zero-order valence-corrected chi connectivity index (χ0v) is 13.0. The van der Waals surface area contributed by atoms with Crippen molar-refractivity contribution in [2.45, 2.75) is 6.42 Å². The lowest BCUT2D eigenvalue weighted by Crippen LogP contribution is -2.31. The van der Waals surface area contributed by atoms with Gasteiger partial charge in [0.25, 0.3) is 5.91 Å². The van der Waals surface area contributed by atoms with E-state index < -0.39 is 5.82 Å². The van der Waals surface area contributed by atoms with Crippen molar-refractivity contribution < 1.29 is 13.9 Å². The van der Waals surface area contributed by atoms with Crippen molar-refractivity contribution in [2.24, 2.45) is 0 Å². The highest BCUT2D eigenvalue weighted by molar-refractivity contribution is 5.94. The fourth-order valence-electron chi connectivity index (χ4n) is 2.61. The summed E-state index contributed by atoms with van der Waals surface area (Å²) in [6, 6.07) is 12.0. The molecule has 1 aliphatic rings. The first-order valence-corrected chi connectivity index (χ1v) is 7.65. The summed E-state index contributed by atoms with van der Waals surface area (Å²) >= 11 is 0. The average molecular weight is 314 g/mol. The Morgan fingerprint density at radius 3 is 2.96 bits per heavy atom. The van der Waals surface area contributed by atoms with Gasteiger partial charge in [-0.3, -0.25) is 4.79 Å². The number of nitrogens with one attached hydrogen (secondary N) is 1. The molecule has 5 heteroatoms. The van der Waals surface area contributed by atoms with Crippen molar-refractivity contribution in [3.05, 3.63) is 59.4 Å². The van der Waals surface area contributed by atoms with Crippen LogP contribution in [0.15, 0.2) is 42.5 Å². The van der Waals surface area contributed by atoms with E-state index in [9.17, 15) is 9.18 Å². The number of carbonyl (C=O) groups is 1. The van der Waals surface area contributed by atoms with E-state index in [-0.39, 0.29) is 18.3 Å². The molecule has 2 aromatic carbocycles. The standard InChI is InChI=1S/C18H19FN2O2/c1-21(10-11-23-17-5-3-2-4-15(17)19)18(22)14-6-7-16-13(12-14)8-9-20-16/h2-7,12,20H,8-11H2,1H3. The summed E-state index contributed by atoms with van der Waals surface area (Å²) in [7, 11) is 1.72. The Morgan fingerprint density at radius 1 is 1.30 bits per heavy atom. The third-order valence-corrected chi connectivity index (χ3v) is 3.93. The predicted molar refractivity (Wildman–Crippen MR) is 87.5 cm³/mol. The summed E-state index contributed by atoms with van der Waals surface area (Å²) in [4.78, 5) is 14.0. The largest absolute Gasteiger partial charge is 0.489 e. The molecule has 2 aromatic rings. The number of nitrogens with zero attached hydrogens (tertiary/aromatic N) is 1. The van der Waals surface area contributed by atoms with Crippen LogP contribution in [-0.4, -0.2) is 37.6 Å². The molecule has 1 aliphatic heterocycles. The van der Waals surface area contributed by atoms with Crippen LogP contribution in [0.3, 0.4) is 0 Å². The molecule has 23 heavy (non-hydrogen) atoms. The van der Waals surface area contributed by atoms with Crippen molar-refractivity contribution in [2.75, 3.05) is 32.1 Å².